The van der Waals surface area contributed by atoms with Gasteiger partial charge in [0.25, 0.3) is 0 Å². The second kappa shape index (κ2) is 6.03. The number of cyclic esters (lactones) is 1. The molecule has 3 heterocycles. The maximum absolute atomic E-state index is 13.0. The molecular weight excluding hydrogens is 370 g/mol. The predicted molar refractivity (Wildman–Crippen MR) is 96.8 cm³/mol. The molecule has 1 amide bonds. The number of anilines is 1. The number of hydrogen-bond donors (Lipinski definition) is 0. The van der Waals surface area contributed by atoms with Gasteiger partial charge in [0.05, 0.1) is 11.3 Å². The molecule has 0 saturated heterocycles. The predicted octanol–water partition coefficient (Wildman–Crippen LogP) is 3.40. The molecule has 0 radical (unpaired) electrons. The van der Waals surface area contributed by atoms with Crippen LogP contribution in [0, 0.1) is 0 Å². The van der Waals surface area contributed by atoms with Crippen molar-refractivity contribution in [2.24, 2.45) is 0 Å². The molecule has 0 spiro atoms. The van der Waals surface area contributed by atoms with Crippen molar-refractivity contribution in [2.45, 2.75) is 12.3 Å². The number of fused-ring (bicyclic) bond motifs is 1. The lowest BCUT2D eigenvalue weighted by molar-refractivity contribution is -0.136. The molecule has 0 fully saturated rings. The van der Waals surface area contributed by atoms with Crippen LogP contribution in [-0.4, -0.2) is 25.3 Å². The number of carbonyl (C=O) groups is 2. The lowest BCUT2D eigenvalue weighted by Gasteiger charge is -2.31. The molecule has 3 aliphatic heterocycles. The first-order chi connectivity index (χ1) is 13.1. The highest BCUT2D eigenvalue weighted by Crippen LogP contribution is 2.44. The smallest absolute Gasteiger partial charge is 0.336 e. The summed E-state index contributed by atoms with van der Waals surface area (Å²) in [6.45, 7) is 0.242. The number of benzene rings is 2. The zero-order valence-corrected chi connectivity index (χ0v) is 14.9. The van der Waals surface area contributed by atoms with Gasteiger partial charge in [-0.3, -0.25) is 9.69 Å². The summed E-state index contributed by atoms with van der Waals surface area (Å²) in [7, 11) is 0. The van der Waals surface area contributed by atoms with Gasteiger partial charge in [-0.1, -0.05) is 17.7 Å². The molecule has 27 heavy (non-hydrogen) atoms. The van der Waals surface area contributed by atoms with Gasteiger partial charge in [0.2, 0.25) is 12.7 Å². The Kier molecular flexibility index (Phi) is 3.62. The lowest BCUT2D eigenvalue weighted by atomic mass is 9.84. The standard InChI is InChI=1S/C20H14ClNO5/c21-12-2-4-13(5-3-12)22-15-9-25-20(24)19(15)14(8-18(22)23)11-1-6-16-17(7-11)27-10-26-16/h1-7,14H,8-10H2. The van der Waals surface area contributed by atoms with Gasteiger partial charge in [-0.2, -0.15) is 0 Å². The maximum atomic E-state index is 13.0. The fraction of sp³-hybridized carbons (Fsp3) is 0.200. The van der Waals surface area contributed by atoms with Gasteiger partial charge in [-0.25, -0.2) is 4.79 Å². The van der Waals surface area contributed by atoms with Gasteiger partial charge in [0.15, 0.2) is 11.5 Å². The molecule has 5 rings (SSSR count). The van der Waals surface area contributed by atoms with Gasteiger partial charge in [0, 0.05) is 23.0 Å². The number of ether oxygens (including phenoxy) is 3. The Balaban J connectivity index is 1.60. The largest absolute Gasteiger partial charge is 0.456 e. The number of hydrogen-bond acceptors (Lipinski definition) is 5. The van der Waals surface area contributed by atoms with Crippen LogP contribution >= 0.6 is 11.6 Å². The Hall–Kier alpha value is -2.99. The average Bonchev–Trinajstić information content (AvgIpc) is 3.28. The fourth-order valence-electron chi connectivity index (χ4n) is 3.76. The third kappa shape index (κ3) is 2.56. The topological polar surface area (TPSA) is 65.1 Å². The van der Waals surface area contributed by atoms with E-state index in [1.807, 2.05) is 12.1 Å². The summed E-state index contributed by atoms with van der Waals surface area (Å²) in [4.78, 5) is 27.0. The molecule has 0 bridgehead atoms. The number of nitrogens with zero attached hydrogens (tertiary/aromatic N) is 1. The summed E-state index contributed by atoms with van der Waals surface area (Å²) in [5.74, 6) is 0.414. The highest BCUT2D eigenvalue weighted by molar-refractivity contribution is 6.30. The van der Waals surface area contributed by atoms with Crippen molar-refractivity contribution in [3.8, 4) is 11.5 Å². The first-order valence-corrected chi connectivity index (χ1v) is 8.88. The summed E-state index contributed by atoms with van der Waals surface area (Å²) in [6, 6.07) is 12.4. The Morgan fingerprint density at radius 2 is 1.74 bits per heavy atom. The van der Waals surface area contributed by atoms with Crippen LogP contribution in [0.4, 0.5) is 5.69 Å². The molecule has 0 aromatic heterocycles. The molecule has 1 unspecified atom stereocenters. The van der Waals surface area contributed by atoms with Gasteiger partial charge in [-0.15, -0.1) is 0 Å². The molecule has 7 heteroatoms. The zero-order chi connectivity index (χ0) is 18.5. The lowest BCUT2D eigenvalue weighted by Crippen LogP contribution is -2.37. The van der Waals surface area contributed by atoms with Crippen LogP contribution in [0.1, 0.15) is 17.9 Å². The molecule has 0 aliphatic carbocycles. The van der Waals surface area contributed by atoms with E-state index in [1.165, 1.54) is 0 Å². The quantitative estimate of drug-likeness (QED) is 0.744. The fourth-order valence-corrected chi connectivity index (χ4v) is 3.88. The number of carbonyl (C=O) groups excluding carboxylic acids is 2. The van der Waals surface area contributed by atoms with E-state index in [2.05, 4.69) is 0 Å². The zero-order valence-electron chi connectivity index (χ0n) is 14.1. The highest BCUT2D eigenvalue weighted by atomic mass is 35.5. The Labute approximate surface area is 159 Å². The van der Waals surface area contributed by atoms with E-state index in [-0.39, 0.29) is 37.6 Å². The Morgan fingerprint density at radius 3 is 2.56 bits per heavy atom. The van der Waals surface area contributed by atoms with Crippen LogP contribution in [0.2, 0.25) is 5.02 Å². The van der Waals surface area contributed by atoms with Gasteiger partial charge in [0.1, 0.15) is 6.61 Å². The van der Waals surface area contributed by atoms with E-state index in [1.54, 1.807) is 35.2 Å². The molecular formula is C20H14ClNO5. The number of halogens is 1. The van der Waals surface area contributed by atoms with Crippen molar-refractivity contribution in [2.75, 3.05) is 18.3 Å². The van der Waals surface area contributed by atoms with E-state index in [9.17, 15) is 9.59 Å². The van der Waals surface area contributed by atoms with Crippen LogP contribution in [0.3, 0.4) is 0 Å². The SMILES string of the molecule is O=C1OCC2=C1C(c1ccc3c(c1)OCO3)CC(=O)N2c1ccc(Cl)cc1. The van der Waals surface area contributed by atoms with Gasteiger partial charge >= 0.3 is 5.97 Å². The normalized spacial score (nSPS) is 20.8. The first kappa shape index (κ1) is 16.2. The third-order valence-corrected chi connectivity index (χ3v) is 5.25. The molecule has 2 aromatic rings. The first-order valence-electron chi connectivity index (χ1n) is 8.50. The van der Waals surface area contributed by atoms with Crippen molar-refractivity contribution in [1.82, 2.24) is 0 Å². The minimum atomic E-state index is -0.390. The van der Waals surface area contributed by atoms with Crippen LogP contribution < -0.4 is 14.4 Å². The average molecular weight is 384 g/mol. The van der Waals surface area contributed by atoms with Crippen LogP contribution in [-0.2, 0) is 14.3 Å². The third-order valence-electron chi connectivity index (χ3n) is 5.00. The molecule has 136 valence electrons. The Bertz CT molecular complexity index is 998. The summed E-state index contributed by atoms with van der Waals surface area (Å²) in [5, 5.41) is 0.578. The van der Waals surface area contributed by atoms with Crippen LogP contribution in [0.15, 0.2) is 53.7 Å². The second-order valence-corrected chi connectivity index (χ2v) is 6.95. The molecule has 1 atom stereocenters. The highest BCUT2D eigenvalue weighted by Gasteiger charge is 2.43. The van der Waals surface area contributed by atoms with E-state index >= 15 is 0 Å². The van der Waals surface area contributed by atoms with Crippen molar-refractivity contribution in [1.29, 1.82) is 0 Å². The number of esters is 1. The van der Waals surface area contributed by atoms with E-state index < -0.39 is 0 Å². The minimum absolute atomic E-state index is 0.0730. The minimum Gasteiger partial charge on any atom is -0.456 e. The molecule has 6 nitrogen and oxygen atoms in total. The van der Waals surface area contributed by atoms with Crippen LogP contribution in [0.25, 0.3) is 0 Å². The summed E-state index contributed by atoms with van der Waals surface area (Å²) >= 11 is 5.95. The Morgan fingerprint density at radius 1 is 0.963 bits per heavy atom. The van der Waals surface area contributed by atoms with Crippen molar-refractivity contribution >= 4 is 29.2 Å². The van der Waals surface area contributed by atoms with Crippen molar-refractivity contribution in [3.63, 3.8) is 0 Å². The van der Waals surface area contributed by atoms with E-state index in [4.69, 9.17) is 25.8 Å². The molecule has 3 aliphatic rings. The van der Waals surface area contributed by atoms with E-state index in [0.717, 1.165) is 5.56 Å². The number of amides is 1. The summed E-state index contributed by atoms with van der Waals surface area (Å²) in [6.07, 6.45) is 0.163. The summed E-state index contributed by atoms with van der Waals surface area (Å²) < 4.78 is 16.1. The summed E-state index contributed by atoms with van der Waals surface area (Å²) in [5.41, 5.74) is 2.60. The second-order valence-electron chi connectivity index (χ2n) is 6.51. The van der Waals surface area contributed by atoms with Gasteiger partial charge in [-0.05, 0) is 42.0 Å². The maximum Gasteiger partial charge on any atom is 0.336 e. The monoisotopic (exact) mass is 383 g/mol. The van der Waals surface area contributed by atoms with Gasteiger partial charge < -0.3 is 14.2 Å². The van der Waals surface area contributed by atoms with Crippen molar-refractivity contribution in [3.05, 3.63) is 64.3 Å². The molecule has 2 aromatic carbocycles. The molecule has 0 N–H and O–H groups in total. The van der Waals surface area contributed by atoms with Crippen LogP contribution in [0.5, 0.6) is 11.5 Å². The van der Waals surface area contributed by atoms with Crippen molar-refractivity contribution < 1.29 is 23.8 Å². The number of rotatable bonds is 2. The van der Waals surface area contributed by atoms with E-state index in [0.29, 0.717) is 33.5 Å². The molecule has 0 saturated carbocycles.